The standard InChI is InChI=1S/C56H36N2/c1-3-15-37(16-4-1)43-21-11-14-26-49(43)54-36-53(57-56(58-54)41-18-5-2-6-19-41)40-29-27-39(28-30-40)45-33-34-50(48-25-13-12-24-47(45)48)55-46-23-10-8-20-42(46)35-52-44-22-9-7-17-38(44)31-32-51(52)55/h1-36H. The van der Waals surface area contributed by atoms with Crippen LogP contribution >= 0.6 is 0 Å². The van der Waals surface area contributed by atoms with E-state index in [1.54, 1.807) is 0 Å². The average molecular weight is 737 g/mol. The van der Waals surface area contributed by atoms with Gasteiger partial charge in [-0.3, -0.25) is 0 Å². The third kappa shape index (κ3) is 5.82. The molecule has 10 aromatic carbocycles. The molecule has 1 aromatic heterocycles. The monoisotopic (exact) mass is 736 g/mol. The fraction of sp³-hybridized carbons (Fsp3) is 0. The maximum Gasteiger partial charge on any atom is 0.160 e. The molecule has 0 amide bonds. The first kappa shape index (κ1) is 33.6. The third-order valence-electron chi connectivity index (χ3n) is 11.5. The van der Waals surface area contributed by atoms with Gasteiger partial charge in [0.15, 0.2) is 5.82 Å². The summed E-state index contributed by atoms with van der Waals surface area (Å²) in [6.07, 6.45) is 0. The van der Waals surface area contributed by atoms with E-state index in [1.165, 1.54) is 59.8 Å². The molecule has 11 rings (SSSR count). The van der Waals surface area contributed by atoms with Gasteiger partial charge in [0.1, 0.15) is 0 Å². The number of hydrogen-bond acceptors (Lipinski definition) is 2. The van der Waals surface area contributed by atoms with Gasteiger partial charge in [-0.05, 0) is 88.6 Å². The van der Waals surface area contributed by atoms with Crippen molar-refractivity contribution in [2.45, 2.75) is 0 Å². The third-order valence-corrected chi connectivity index (χ3v) is 11.5. The van der Waals surface area contributed by atoms with E-state index in [0.717, 1.165) is 44.8 Å². The SMILES string of the molecule is c1ccc(-c2nc(-c3ccc(-c4ccc(-c5c6ccccc6cc6c5ccc5ccccc56)c5ccccc45)cc3)cc(-c3ccccc3-c3ccccc3)n2)cc1. The molecule has 0 bridgehead atoms. The van der Waals surface area contributed by atoms with Gasteiger partial charge >= 0.3 is 0 Å². The van der Waals surface area contributed by atoms with E-state index in [4.69, 9.17) is 9.97 Å². The van der Waals surface area contributed by atoms with Crippen LogP contribution in [-0.4, -0.2) is 9.97 Å². The lowest BCUT2D eigenvalue weighted by Gasteiger charge is -2.17. The number of aromatic nitrogens is 2. The first-order valence-electron chi connectivity index (χ1n) is 19.8. The smallest absolute Gasteiger partial charge is 0.160 e. The average Bonchev–Trinajstić information content (AvgIpc) is 3.31. The zero-order valence-corrected chi connectivity index (χ0v) is 31.7. The maximum atomic E-state index is 5.16. The highest BCUT2D eigenvalue weighted by molar-refractivity contribution is 6.23. The van der Waals surface area contributed by atoms with Gasteiger partial charge in [-0.1, -0.05) is 206 Å². The van der Waals surface area contributed by atoms with Gasteiger partial charge in [-0.2, -0.15) is 0 Å². The molecule has 0 aliphatic carbocycles. The van der Waals surface area contributed by atoms with E-state index in [-0.39, 0.29) is 0 Å². The van der Waals surface area contributed by atoms with Crippen molar-refractivity contribution < 1.29 is 0 Å². The van der Waals surface area contributed by atoms with Crippen molar-refractivity contribution in [1.29, 1.82) is 0 Å². The second-order valence-corrected chi connectivity index (χ2v) is 14.9. The molecule has 0 spiro atoms. The molecule has 2 nitrogen and oxygen atoms in total. The van der Waals surface area contributed by atoms with Crippen LogP contribution in [0, 0.1) is 0 Å². The Morgan fingerprint density at radius 1 is 0.241 bits per heavy atom. The van der Waals surface area contributed by atoms with E-state index in [2.05, 4.69) is 200 Å². The topological polar surface area (TPSA) is 25.8 Å². The molecule has 0 aliphatic heterocycles. The van der Waals surface area contributed by atoms with Crippen LogP contribution in [0.1, 0.15) is 0 Å². The van der Waals surface area contributed by atoms with Gasteiger partial charge in [-0.15, -0.1) is 0 Å². The minimum Gasteiger partial charge on any atom is -0.228 e. The lowest BCUT2D eigenvalue weighted by atomic mass is 9.86. The Hall–Kier alpha value is -7.68. The maximum absolute atomic E-state index is 5.16. The van der Waals surface area contributed by atoms with Crippen LogP contribution in [0.15, 0.2) is 218 Å². The molecule has 11 aromatic rings. The molecule has 1 heterocycles. The van der Waals surface area contributed by atoms with Gasteiger partial charge in [0.25, 0.3) is 0 Å². The lowest BCUT2D eigenvalue weighted by molar-refractivity contribution is 1.18. The van der Waals surface area contributed by atoms with Crippen molar-refractivity contribution in [2.24, 2.45) is 0 Å². The molecule has 0 unspecified atom stereocenters. The van der Waals surface area contributed by atoms with E-state index >= 15 is 0 Å². The van der Waals surface area contributed by atoms with Crippen molar-refractivity contribution in [3.63, 3.8) is 0 Å². The van der Waals surface area contributed by atoms with Crippen molar-refractivity contribution in [1.82, 2.24) is 9.97 Å². The van der Waals surface area contributed by atoms with Crippen molar-refractivity contribution in [2.75, 3.05) is 0 Å². The summed E-state index contributed by atoms with van der Waals surface area (Å²) in [7, 11) is 0. The molecular formula is C56H36N2. The number of benzene rings is 10. The van der Waals surface area contributed by atoms with Gasteiger partial charge < -0.3 is 0 Å². The van der Waals surface area contributed by atoms with Crippen molar-refractivity contribution in [3.8, 4) is 67.3 Å². The minimum atomic E-state index is 0.704. The van der Waals surface area contributed by atoms with E-state index < -0.39 is 0 Å². The van der Waals surface area contributed by atoms with Crippen molar-refractivity contribution >= 4 is 43.1 Å². The quantitative estimate of drug-likeness (QED) is 0.125. The Morgan fingerprint density at radius 2 is 0.776 bits per heavy atom. The molecule has 0 saturated carbocycles. The Balaban J connectivity index is 1.04. The van der Waals surface area contributed by atoms with E-state index in [1.807, 2.05) is 18.2 Å². The summed E-state index contributed by atoms with van der Waals surface area (Å²) in [4.78, 5) is 10.3. The van der Waals surface area contributed by atoms with Crippen LogP contribution in [-0.2, 0) is 0 Å². The zero-order chi connectivity index (χ0) is 38.4. The summed E-state index contributed by atoms with van der Waals surface area (Å²) in [6.45, 7) is 0. The number of hydrogen-bond donors (Lipinski definition) is 0. The Morgan fingerprint density at radius 3 is 1.53 bits per heavy atom. The van der Waals surface area contributed by atoms with Gasteiger partial charge in [0, 0.05) is 16.7 Å². The molecule has 0 radical (unpaired) electrons. The van der Waals surface area contributed by atoms with Crippen LogP contribution < -0.4 is 0 Å². The molecule has 2 heteroatoms. The van der Waals surface area contributed by atoms with E-state index in [9.17, 15) is 0 Å². The molecule has 58 heavy (non-hydrogen) atoms. The van der Waals surface area contributed by atoms with Gasteiger partial charge in [0.2, 0.25) is 0 Å². The summed E-state index contributed by atoms with van der Waals surface area (Å²) >= 11 is 0. The largest absolute Gasteiger partial charge is 0.228 e. The lowest BCUT2D eigenvalue weighted by Crippen LogP contribution is -1.97. The van der Waals surface area contributed by atoms with Crippen LogP contribution in [0.2, 0.25) is 0 Å². The summed E-state index contributed by atoms with van der Waals surface area (Å²) in [6, 6.07) is 78.2. The van der Waals surface area contributed by atoms with Crippen LogP contribution in [0.4, 0.5) is 0 Å². The first-order chi connectivity index (χ1) is 28.8. The number of nitrogens with zero attached hydrogens (tertiary/aromatic N) is 2. The highest BCUT2D eigenvalue weighted by Crippen LogP contribution is 2.44. The van der Waals surface area contributed by atoms with Crippen LogP contribution in [0.5, 0.6) is 0 Å². The fourth-order valence-electron chi connectivity index (χ4n) is 8.73. The first-order valence-corrected chi connectivity index (χ1v) is 19.8. The molecule has 0 saturated heterocycles. The predicted molar refractivity (Wildman–Crippen MR) is 245 cm³/mol. The van der Waals surface area contributed by atoms with Crippen LogP contribution in [0.3, 0.4) is 0 Å². The Bertz CT molecular complexity index is 3310. The highest BCUT2D eigenvalue weighted by atomic mass is 14.9. The highest BCUT2D eigenvalue weighted by Gasteiger charge is 2.18. The molecule has 270 valence electrons. The Labute approximate surface area is 337 Å². The van der Waals surface area contributed by atoms with Gasteiger partial charge in [-0.25, -0.2) is 9.97 Å². The van der Waals surface area contributed by atoms with Gasteiger partial charge in [0.05, 0.1) is 11.4 Å². The Kier molecular flexibility index (Phi) is 8.19. The normalized spacial score (nSPS) is 11.4. The second kappa shape index (κ2) is 14.1. The summed E-state index contributed by atoms with van der Waals surface area (Å²) in [5.41, 5.74) is 12.0. The molecule has 0 atom stereocenters. The molecular weight excluding hydrogens is 701 g/mol. The van der Waals surface area contributed by atoms with Crippen molar-refractivity contribution in [3.05, 3.63) is 218 Å². The molecule has 0 fully saturated rings. The van der Waals surface area contributed by atoms with Crippen LogP contribution in [0.25, 0.3) is 110 Å². The number of rotatable bonds is 6. The zero-order valence-electron chi connectivity index (χ0n) is 31.7. The predicted octanol–water partition coefficient (Wildman–Crippen LogP) is 15.1. The number of fused-ring (bicyclic) bond motifs is 5. The summed E-state index contributed by atoms with van der Waals surface area (Å²) < 4.78 is 0. The minimum absolute atomic E-state index is 0.704. The molecule has 0 aliphatic rings. The van der Waals surface area contributed by atoms with E-state index in [0.29, 0.717) is 5.82 Å². The fourth-order valence-corrected chi connectivity index (χ4v) is 8.73. The molecule has 0 N–H and O–H groups in total. The second-order valence-electron chi connectivity index (χ2n) is 14.9. The summed E-state index contributed by atoms with van der Waals surface area (Å²) in [5, 5.41) is 10.1. The summed E-state index contributed by atoms with van der Waals surface area (Å²) in [5.74, 6) is 0.704.